The van der Waals surface area contributed by atoms with E-state index in [9.17, 15) is 14.4 Å². The topological polar surface area (TPSA) is 165 Å². The highest BCUT2D eigenvalue weighted by molar-refractivity contribution is 6.74. The molecule has 0 unspecified atom stereocenters. The number of pyridine rings is 2. The Balaban J connectivity index is 1.39. The van der Waals surface area contributed by atoms with Gasteiger partial charge in [0.2, 0.25) is 11.8 Å². The normalized spacial score (nSPS) is 15.9. The molecule has 3 atom stereocenters. The van der Waals surface area contributed by atoms with E-state index >= 15 is 0 Å². The van der Waals surface area contributed by atoms with Crippen molar-refractivity contribution < 1.29 is 23.5 Å². The number of amides is 2. The van der Waals surface area contributed by atoms with Gasteiger partial charge in [-0.25, -0.2) is 14.3 Å². The summed E-state index contributed by atoms with van der Waals surface area (Å²) in [7, 11) is 1.06. The molecule has 1 aliphatic heterocycles. The van der Waals surface area contributed by atoms with Crippen LogP contribution in [0.2, 0.25) is 33.2 Å². The Morgan fingerprint density at radius 1 is 1.03 bits per heavy atom. The average molecular weight is 883 g/mol. The Morgan fingerprint density at radius 3 is 2.32 bits per heavy atom. The number of aromatic nitrogens is 5. The SMILES string of the molecule is COc1nc(-c2cccc(-c3ccnc(-c4cc5c(=O)n(C)c(CO[Si](C)(C)C(C)(C)C)nn5c4)c3Cl)c2Cl)cc(Cl)c1[C@@H]([C@H](OC(N)=O)[C@@H]1CCC(=O)N1)C(C)(C)C. The lowest BCUT2D eigenvalue weighted by molar-refractivity contribution is -0.119. The third-order valence-electron chi connectivity index (χ3n) is 11.4. The molecule has 17 heteroatoms. The third-order valence-corrected chi connectivity index (χ3v) is 17.0. The molecule has 1 aromatic carbocycles. The summed E-state index contributed by atoms with van der Waals surface area (Å²) in [5, 5.41) is 8.60. The summed E-state index contributed by atoms with van der Waals surface area (Å²) in [6.45, 7) is 16.9. The van der Waals surface area contributed by atoms with Crippen molar-refractivity contribution in [2.75, 3.05) is 7.11 Å². The highest BCUT2D eigenvalue weighted by atomic mass is 35.5. The number of methoxy groups -OCH3 is 1. The lowest BCUT2D eigenvalue weighted by Crippen LogP contribution is -2.47. The number of nitrogens with two attached hydrogens (primary N) is 1. The van der Waals surface area contributed by atoms with E-state index in [0.29, 0.717) is 67.0 Å². The van der Waals surface area contributed by atoms with Crippen molar-refractivity contribution in [2.24, 2.45) is 18.2 Å². The van der Waals surface area contributed by atoms with Crippen molar-refractivity contribution in [1.82, 2.24) is 29.5 Å². The van der Waals surface area contributed by atoms with Gasteiger partial charge >= 0.3 is 6.09 Å². The number of rotatable bonds is 11. The van der Waals surface area contributed by atoms with Gasteiger partial charge in [0.1, 0.15) is 11.6 Å². The lowest BCUT2D eigenvalue weighted by Gasteiger charge is -2.40. The predicted molar refractivity (Wildman–Crippen MR) is 234 cm³/mol. The Hall–Kier alpha value is -4.47. The maximum atomic E-state index is 13.6. The second-order valence-electron chi connectivity index (χ2n) is 17.4. The van der Waals surface area contributed by atoms with Crippen molar-refractivity contribution in [3.05, 3.63) is 85.6 Å². The number of primary amides is 1. The van der Waals surface area contributed by atoms with Crippen LogP contribution >= 0.6 is 34.8 Å². The van der Waals surface area contributed by atoms with Crippen LogP contribution < -0.4 is 21.3 Å². The summed E-state index contributed by atoms with van der Waals surface area (Å²) >= 11 is 21.5. The second-order valence-corrected chi connectivity index (χ2v) is 23.4. The number of hydrogen-bond donors (Lipinski definition) is 2. The molecule has 0 radical (unpaired) electrons. The second kappa shape index (κ2) is 16.5. The van der Waals surface area contributed by atoms with Crippen LogP contribution in [0.5, 0.6) is 5.88 Å². The maximum absolute atomic E-state index is 13.6. The van der Waals surface area contributed by atoms with E-state index in [4.69, 9.17) is 64.5 Å². The highest BCUT2D eigenvalue weighted by Crippen LogP contribution is 2.49. The molecular weight excluding hydrogens is 833 g/mol. The molecule has 6 rings (SSSR count). The predicted octanol–water partition coefficient (Wildman–Crippen LogP) is 9.19. The van der Waals surface area contributed by atoms with Crippen LogP contribution in [0.25, 0.3) is 39.2 Å². The molecule has 13 nitrogen and oxygen atoms in total. The first-order chi connectivity index (χ1) is 27.5. The van der Waals surface area contributed by atoms with Gasteiger partial charge in [-0.05, 0) is 48.2 Å². The highest BCUT2D eigenvalue weighted by Gasteiger charge is 2.45. The number of carbonyl (C=O) groups excluding carboxylic acids is 2. The molecule has 59 heavy (non-hydrogen) atoms. The largest absolute Gasteiger partial charge is 0.481 e. The molecule has 2 amide bonds. The summed E-state index contributed by atoms with van der Waals surface area (Å²) in [5.41, 5.74) is 8.78. The van der Waals surface area contributed by atoms with Crippen LogP contribution in [-0.2, 0) is 27.6 Å². The molecule has 5 aromatic rings. The number of carbonyl (C=O) groups is 2. The molecule has 1 aliphatic rings. The summed E-state index contributed by atoms with van der Waals surface area (Å²) in [6, 6.07) is 10.1. The van der Waals surface area contributed by atoms with E-state index in [1.807, 2.05) is 39.0 Å². The smallest absolute Gasteiger partial charge is 0.404 e. The third kappa shape index (κ3) is 8.74. The van der Waals surface area contributed by atoms with Gasteiger partial charge in [-0.2, -0.15) is 5.10 Å². The zero-order chi connectivity index (χ0) is 43.4. The van der Waals surface area contributed by atoms with E-state index in [2.05, 4.69) is 44.2 Å². The minimum absolute atomic E-state index is 0.00598. The summed E-state index contributed by atoms with van der Waals surface area (Å²) in [5.74, 6) is -0.0537. The van der Waals surface area contributed by atoms with Gasteiger partial charge in [-0.15, -0.1) is 0 Å². The minimum Gasteiger partial charge on any atom is -0.481 e. The van der Waals surface area contributed by atoms with E-state index in [0.717, 1.165) is 0 Å². The molecule has 0 aliphatic carbocycles. The van der Waals surface area contributed by atoms with Crippen LogP contribution in [0.3, 0.4) is 0 Å². The summed E-state index contributed by atoms with van der Waals surface area (Å²) in [4.78, 5) is 47.5. The minimum atomic E-state index is -2.11. The number of benzene rings is 1. The first kappa shape index (κ1) is 44.1. The maximum Gasteiger partial charge on any atom is 0.404 e. The van der Waals surface area contributed by atoms with Crippen LogP contribution in [0.1, 0.15) is 71.7 Å². The molecular formula is C42H50Cl3N7O6Si. The van der Waals surface area contributed by atoms with Crippen molar-refractivity contribution in [3.63, 3.8) is 0 Å². The van der Waals surface area contributed by atoms with Gasteiger partial charge < -0.3 is 25.0 Å². The van der Waals surface area contributed by atoms with Gasteiger partial charge in [0.05, 0.1) is 46.2 Å². The molecule has 0 spiro atoms. The zero-order valence-electron chi connectivity index (χ0n) is 34.9. The van der Waals surface area contributed by atoms with Crippen molar-refractivity contribution in [1.29, 1.82) is 0 Å². The molecule has 0 bridgehead atoms. The van der Waals surface area contributed by atoms with Gasteiger partial charge in [-0.1, -0.05) is 94.5 Å². The molecule has 0 saturated carbocycles. The van der Waals surface area contributed by atoms with E-state index in [1.165, 1.54) is 11.7 Å². The average Bonchev–Trinajstić information content (AvgIpc) is 3.78. The Kier molecular flexibility index (Phi) is 12.4. The number of ether oxygens (including phenoxy) is 2. The van der Waals surface area contributed by atoms with Crippen LogP contribution in [0.15, 0.2) is 53.6 Å². The quantitative estimate of drug-likeness (QED) is 0.123. The molecule has 5 heterocycles. The number of halogens is 3. The standard InChI is InChI=1S/C42H50Cl3N7O6Si/c1-41(2,3)33(37(58-40(46)55)27-14-15-31(53)48-27)32-26(43)19-28(49-38(32)56-8)25-13-11-12-23(34(25)44)24-16-17-47-36(35(24)45)22-18-29-39(54)51(7)30(50-52(29)20-22)21-57-59(9,10)42(4,5)6/h11-13,16-20,27,33,37H,14-15,21H2,1-10H3,(H2,46,55)(H,48,53)/t27-,33-,37+/m0/s1. The van der Waals surface area contributed by atoms with Gasteiger partial charge in [0.25, 0.3) is 5.56 Å². The monoisotopic (exact) mass is 881 g/mol. The van der Waals surface area contributed by atoms with Crippen molar-refractivity contribution in [3.8, 4) is 39.5 Å². The molecule has 1 saturated heterocycles. The number of fused-ring (bicyclic) bond motifs is 1. The van der Waals surface area contributed by atoms with Crippen molar-refractivity contribution in [2.45, 2.75) is 97.2 Å². The Bertz CT molecular complexity index is 2510. The fourth-order valence-corrected chi connectivity index (χ4v) is 9.12. The van der Waals surface area contributed by atoms with E-state index in [1.54, 1.807) is 42.2 Å². The lowest BCUT2D eigenvalue weighted by atomic mass is 9.71. The fourth-order valence-electron chi connectivity index (χ4n) is 7.25. The number of hydrogen-bond acceptors (Lipinski definition) is 9. The molecule has 3 N–H and O–H groups in total. The first-order valence-electron chi connectivity index (χ1n) is 19.2. The first-order valence-corrected chi connectivity index (χ1v) is 23.2. The van der Waals surface area contributed by atoms with Crippen LogP contribution in [-0.4, -0.2) is 63.7 Å². The fraction of sp³-hybridized carbons (Fsp3) is 0.429. The van der Waals surface area contributed by atoms with E-state index in [-0.39, 0.29) is 40.4 Å². The molecule has 314 valence electrons. The van der Waals surface area contributed by atoms with Gasteiger partial charge in [0.15, 0.2) is 14.1 Å². The Labute approximate surface area is 359 Å². The Morgan fingerprint density at radius 2 is 1.71 bits per heavy atom. The number of nitrogens with zero attached hydrogens (tertiary/aromatic N) is 5. The van der Waals surface area contributed by atoms with E-state index < -0.39 is 37.9 Å². The summed E-state index contributed by atoms with van der Waals surface area (Å²) < 4.78 is 21.0. The van der Waals surface area contributed by atoms with Crippen molar-refractivity contribution >= 4 is 60.6 Å². The zero-order valence-corrected chi connectivity index (χ0v) is 38.1. The number of nitrogens with one attached hydrogen (secondary N) is 1. The molecule has 1 fully saturated rings. The van der Waals surface area contributed by atoms with Gasteiger partial charge in [0, 0.05) is 59.6 Å². The summed E-state index contributed by atoms with van der Waals surface area (Å²) in [6.07, 6.45) is 2.24. The van der Waals surface area contributed by atoms with Crippen LogP contribution in [0.4, 0.5) is 4.79 Å². The van der Waals surface area contributed by atoms with Crippen LogP contribution in [0, 0.1) is 5.41 Å². The van der Waals surface area contributed by atoms with Gasteiger partial charge in [-0.3, -0.25) is 19.1 Å². The molecule has 4 aromatic heterocycles.